The molecule has 2 amide bonds. The standard InChI is InChI=1S/C18H11F5N4O2/c19-12-5-4-11(7-13(12)20)27-16(28)14-15(17(27)29)26(25-24-14)8-9-2-1-3-10(6-9)18(21,22)23/h1-7,14-15H,8H2. The normalized spacial score (nSPS) is 21.3. The summed E-state index contributed by atoms with van der Waals surface area (Å²) < 4.78 is 65.3. The molecule has 0 spiro atoms. The minimum Gasteiger partial charge on any atom is -0.271 e. The number of benzene rings is 2. The number of imide groups is 1. The Morgan fingerprint density at radius 1 is 0.966 bits per heavy atom. The third-order valence-electron chi connectivity index (χ3n) is 4.62. The average Bonchev–Trinajstić information content (AvgIpc) is 3.17. The third-order valence-corrected chi connectivity index (χ3v) is 4.62. The van der Waals surface area contributed by atoms with Crippen molar-refractivity contribution < 1.29 is 31.5 Å². The van der Waals surface area contributed by atoms with E-state index >= 15 is 0 Å². The first-order chi connectivity index (χ1) is 13.7. The first-order valence-corrected chi connectivity index (χ1v) is 8.33. The van der Waals surface area contributed by atoms with Gasteiger partial charge in [-0.05, 0) is 29.8 Å². The van der Waals surface area contributed by atoms with E-state index in [0.717, 1.165) is 29.3 Å². The third kappa shape index (κ3) is 3.22. The molecular weight excluding hydrogens is 399 g/mol. The number of nitrogens with zero attached hydrogens (tertiary/aromatic N) is 4. The second kappa shape index (κ2) is 6.61. The lowest BCUT2D eigenvalue weighted by molar-refractivity contribution is -0.137. The number of hydrogen-bond acceptors (Lipinski definition) is 5. The van der Waals surface area contributed by atoms with Crippen LogP contribution in [0.5, 0.6) is 0 Å². The van der Waals surface area contributed by atoms with Gasteiger partial charge in [0, 0.05) is 6.07 Å². The van der Waals surface area contributed by atoms with Crippen molar-refractivity contribution in [1.82, 2.24) is 5.01 Å². The summed E-state index contributed by atoms with van der Waals surface area (Å²) in [6, 6.07) is 4.64. The van der Waals surface area contributed by atoms with Crippen LogP contribution in [-0.2, 0) is 22.3 Å². The molecule has 0 radical (unpaired) electrons. The largest absolute Gasteiger partial charge is 0.416 e. The molecule has 11 heteroatoms. The molecule has 29 heavy (non-hydrogen) atoms. The lowest BCUT2D eigenvalue weighted by Crippen LogP contribution is -2.39. The highest BCUT2D eigenvalue weighted by atomic mass is 19.4. The fourth-order valence-corrected chi connectivity index (χ4v) is 3.27. The van der Waals surface area contributed by atoms with E-state index in [-0.39, 0.29) is 17.8 Å². The van der Waals surface area contributed by atoms with E-state index in [9.17, 15) is 31.5 Å². The first-order valence-electron chi connectivity index (χ1n) is 8.33. The van der Waals surface area contributed by atoms with E-state index < -0.39 is 47.3 Å². The van der Waals surface area contributed by atoms with Gasteiger partial charge in [-0.25, -0.2) is 13.7 Å². The monoisotopic (exact) mass is 410 g/mol. The van der Waals surface area contributed by atoms with Gasteiger partial charge in [0.05, 0.1) is 17.8 Å². The van der Waals surface area contributed by atoms with E-state index in [1.54, 1.807) is 0 Å². The number of rotatable bonds is 3. The van der Waals surface area contributed by atoms with Gasteiger partial charge in [0.1, 0.15) is 0 Å². The summed E-state index contributed by atoms with van der Waals surface area (Å²) in [5, 5.41) is 8.60. The van der Waals surface area contributed by atoms with Gasteiger partial charge in [-0.2, -0.15) is 18.3 Å². The van der Waals surface area contributed by atoms with Crippen LogP contribution in [0.2, 0.25) is 0 Å². The van der Waals surface area contributed by atoms with Crippen LogP contribution < -0.4 is 4.90 Å². The van der Waals surface area contributed by atoms with Gasteiger partial charge < -0.3 is 0 Å². The lowest BCUT2D eigenvalue weighted by atomic mass is 10.1. The van der Waals surface area contributed by atoms with Gasteiger partial charge in [0.2, 0.25) is 0 Å². The highest BCUT2D eigenvalue weighted by molar-refractivity contribution is 6.25. The van der Waals surface area contributed by atoms with Crippen LogP contribution in [0, 0.1) is 11.6 Å². The molecule has 2 aliphatic heterocycles. The maximum atomic E-state index is 13.5. The molecule has 1 saturated heterocycles. The molecule has 2 aromatic carbocycles. The van der Waals surface area contributed by atoms with E-state index in [1.165, 1.54) is 12.1 Å². The summed E-state index contributed by atoms with van der Waals surface area (Å²) in [7, 11) is 0. The molecule has 2 atom stereocenters. The lowest BCUT2D eigenvalue weighted by Gasteiger charge is -2.21. The van der Waals surface area contributed by atoms with Crippen LogP contribution in [0.25, 0.3) is 0 Å². The Morgan fingerprint density at radius 3 is 2.41 bits per heavy atom. The Bertz CT molecular complexity index is 1040. The fourth-order valence-electron chi connectivity index (χ4n) is 3.27. The predicted octanol–water partition coefficient (Wildman–Crippen LogP) is 3.48. The topological polar surface area (TPSA) is 65.3 Å². The number of fused-ring (bicyclic) bond motifs is 1. The molecule has 0 N–H and O–H groups in total. The second-order valence-electron chi connectivity index (χ2n) is 6.50. The quantitative estimate of drug-likeness (QED) is 0.575. The molecule has 2 aromatic rings. The Morgan fingerprint density at radius 2 is 1.72 bits per heavy atom. The van der Waals surface area contributed by atoms with Crippen LogP contribution in [0.15, 0.2) is 52.8 Å². The molecule has 2 aliphatic rings. The smallest absolute Gasteiger partial charge is 0.271 e. The zero-order chi connectivity index (χ0) is 20.9. The summed E-state index contributed by atoms with van der Waals surface area (Å²) in [5.41, 5.74) is -0.812. The molecule has 0 saturated carbocycles. The van der Waals surface area contributed by atoms with Gasteiger partial charge in [0.15, 0.2) is 23.7 Å². The molecule has 1 fully saturated rings. The number of hydrogen-bond donors (Lipinski definition) is 0. The van der Waals surface area contributed by atoms with Crippen LogP contribution in [-0.4, -0.2) is 28.9 Å². The molecule has 2 unspecified atom stereocenters. The van der Waals surface area contributed by atoms with Crippen molar-refractivity contribution in [2.75, 3.05) is 4.90 Å². The van der Waals surface area contributed by atoms with Crippen molar-refractivity contribution in [2.24, 2.45) is 10.3 Å². The summed E-state index contributed by atoms with van der Waals surface area (Å²) in [4.78, 5) is 26.0. The van der Waals surface area contributed by atoms with E-state index in [0.29, 0.717) is 11.0 Å². The Balaban J connectivity index is 1.59. The van der Waals surface area contributed by atoms with Crippen LogP contribution in [0.4, 0.5) is 27.6 Å². The molecule has 2 heterocycles. The maximum absolute atomic E-state index is 13.5. The number of halogens is 5. The fraction of sp³-hybridized carbons (Fsp3) is 0.222. The summed E-state index contributed by atoms with van der Waals surface area (Å²) in [6.07, 6.45) is -4.53. The van der Waals surface area contributed by atoms with E-state index in [4.69, 9.17) is 0 Å². The molecule has 0 aromatic heterocycles. The van der Waals surface area contributed by atoms with Crippen molar-refractivity contribution in [3.05, 3.63) is 65.2 Å². The van der Waals surface area contributed by atoms with Gasteiger partial charge >= 0.3 is 6.18 Å². The van der Waals surface area contributed by atoms with Crippen molar-refractivity contribution in [3.8, 4) is 0 Å². The number of amides is 2. The molecule has 0 aliphatic carbocycles. The molecule has 150 valence electrons. The molecule has 4 rings (SSSR count). The molecule has 6 nitrogen and oxygen atoms in total. The Labute approximate surface area is 160 Å². The highest BCUT2D eigenvalue weighted by Gasteiger charge is 2.54. The summed E-state index contributed by atoms with van der Waals surface area (Å²) in [6.45, 7) is -0.195. The summed E-state index contributed by atoms with van der Waals surface area (Å²) in [5.74, 6) is -3.93. The average molecular weight is 410 g/mol. The van der Waals surface area contributed by atoms with Gasteiger partial charge in [-0.3, -0.25) is 14.6 Å². The van der Waals surface area contributed by atoms with Gasteiger partial charge in [-0.15, -0.1) is 0 Å². The first kappa shape index (κ1) is 19.0. The summed E-state index contributed by atoms with van der Waals surface area (Å²) >= 11 is 0. The van der Waals surface area contributed by atoms with Gasteiger partial charge in [0.25, 0.3) is 11.8 Å². The van der Waals surface area contributed by atoms with E-state index in [2.05, 4.69) is 10.3 Å². The minimum absolute atomic E-state index is 0.164. The number of carbonyl (C=O) groups excluding carboxylic acids is 2. The van der Waals surface area contributed by atoms with Crippen molar-refractivity contribution in [3.63, 3.8) is 0 Å². The van der Waals surface area contributed by atoms with Gasteiger partial charge in [-0.1, -0.05) is 17.4 Å². The number of anilines is 1. The number of alkyl halides is 3. The van der Waals surface area contributed by atoms with E-state index in [1.807, 2.05) is 0 Å². The minimum atomic E-state index is -4.53. The predicted molar refractivity (Wildman–Crippen MR) is 88.3 cm³/mol. The zero-order valence-electron chi connectivity index (χ0n) is 14.4. The Kier molecular flexibility index (Phi) is 4.32. The van der Waals surface area contributed by atoms with Crippen molar-refractivity contribution in [2.45, 2.75) is 24.8 Å². The van der Waals surface area contributed by atoms with Crippen LogP contribution in [0.1, 0.15) is 11.1 Å². The highest BCUT2D eigenvalue weighted by Crippen LogP contribution is 2.34. The molecular formula is C18H11F5N4O2. The zero-order valence-corrected chi connectivity index (χ0v) is 14.4. The second-order valence-corrected chi connectivity index (χ2v) is 6.50. The SMILES string of the molecule is O=C1C2N=NN(Cc3cccc(C(F)(F)F)c3)C2C(=O)N1c1ccc(F)c(F)c1. The van der Waals surface area contributed by atoms with Crippen molar-refractivity contribution in [1.29, 1.82) is 0 Å². The van der Waals surface area contributed by atoms with Crippen LogP contribution >= 0.6 is 0 Å². The maximum Gasteiger partial charge on any atom is 0.416 e. The Hall–Kier alpha value is -3.37. The number of carbonyl (C=O) groups is 2. The van der Waals surface area contributed by atoms with Crippen molar-refractivity contribution >= 4 is 17.5 Å². The van der Waals surface area contributed by atoms with Crippen LogP contribution in [0.3, 0.4) is 0 Å². The molecule has 0 bridgehead atoms.